The molecule has 2 fully saturated rings. The predicted molar refractivity (Wildman–Crippen MR) is 71.8 cm³/mol. The summed E-state index contributed by atoms with van der Waals surface area (Å²) in [5.74, 6) is 0.226. The lowest BCUT2D eigenvalue weighted by Crippen LogP contribution is -2.44. The van der Waals surface area contributed by atoms with E-state index in [1.807, 2.05) is 0 Å². The molecule has 2 amide bonds. The van der Waals surface area contributed by atoms with E-state index in [9.17, 15) is 9.59 Å². The summed E-state index contributed by atoms with van der Waals surface area (Å²) in [6, 6.07) is 0.287. The van der Waals surface area contributed by atoms with Crippen molar-refractivity contribution in [1.82, 2.24) is 10.2 Å². The van der Waals surface area contributed by atoms with Gasteiger partial charge in [-0.25, -0.2) is 0 Å². The van der Waals surface area contributed by atoms with Gasteiger partial charge in [0.15, 0.2) is 0 Å². The third-order valence-electron chi connectivity index (χ3n) is 3.11. The summed E-state index contributed by atoms with van der Waals surface area (Å²) in [6.45, 7) is 0.0845. The molecule has 4 nitrogen and oxygen atoms in total. The van der Waals surface area contributed by atoms with E-state index in [0.29, 0.717) is 10.1 Å². The van der Waals surface area contributed by atoms with Gasteiger partial charge >= 0.3 is 0 Å². The van der Waals surface area contributed by atoms with Crippen molar-refractivity contribution in [1.29, 1.82) is 0 Å². The van der Waals surface area contributed by atoms with E-state index >= 15 is 0 Å². The lowest BCUT2D eigenvalue weighted by molar-refractivity contribution is -0.130. The normalized spacial score (nSPS) is 22.0. The Morgan fingerprint density at radius 2 is 2.12 bits per heavy atom. The van der Waals surface area contributed by atoms with E-state index in [2.05, 4.69) is 5.32 Å². The minimum atomic E-state index is -0.0879. The zero-order valence-electron chi connectivity index (χ0n) is 9.61. The smallest absolute Gasteiger partial charge is 0.240 e. The molecule has 0 bridgehead atoms. The van der Waals surface area contributed by atoms with Gasteiger partial charge in [0.2, 0.25) is 11.8 Å². The number of nitrogens with zero attached hydrogens (tertiary/aromatic N) is 1. The molecule has 2 rings (SSSR count). The van der Waals surface area contributed by atoms with Crippen LogP contribution in [-0.2, 0) is 9.59 Å². The maximum Gasteiger partial charge on any atom is 0.240 e. The summed E-state index contributed by atoms with van der Waals surface area (Å²) >= 11 is 6.36. The van der Waals surface area contributed by atoms with Crippen LogP contribution in [0.3, 0.4) is 0 Å². The number of amides is 2. The predicted octanol–water partition coefficient (Wildman–Crippen LogP) is 1.30. The quantitative estimate of drug-likeness (QED) is 0.787. The third kappa shape index (κ3) is 3.42. The van der Waals surface area contributed by atoms with Crippen molar-refractivity contribution in [2.24, 2.45) is 0 Å². The van der Waals surface area contributed by atoms with Crippen LogP contribution in [0.5, 0.6) is 0 Å². The zero-order valence-corrected chi connectivity index (χ0v) is 11.2. The van der Waals surface area contributed by atoms with Crippen LogP contribution < -0.4 is 5.32 Å². The fourth-order valence-electron chi connectivity index (χ4n) is 2.20. The topological polar surface area (TPSA) is 49.4 Å². The number of hydrogen-bond acceptors (Lipinski definition) is 4. The second kappa shape index (κ2) is 5.82. The second-order valence-corrected chi connectivity index (χ2v) is 6.05. The molecule has 1 heterocycles. The molecule has 0 radical (unpaired) electrons. The van der Waals surface area contributed by atoms with E-state index in [0.717, 1.165) is 12.8 Å². The van der Waals surface area contributed by atoms with Crippen molar-refractivity contribution in [3.63, 3.8) is 0 Å². The molecule has 0 atom stereocenters. The van der Waals surface area contributed by atoms with Crippen LogP contribution in [0.2, 0.25) is 0 Å². The summed E-state index contributed by atoms with van der Waals surface area (Å²) in [5, 5.41) is 2.99. The number of carbonyl (C=O) groups excluding carboxylic acids is 2. The Kier molecular flexibility index (Phi) is 4.39. The first-order valence-electron chi connectivity index (χ1n) is 5.93. The standard InChI is InChI=1S/C11H16N2O2S2/c14-9(12-8-4-2-1-3-5-8)6-13-10(15)7-17-11(13)16/h8H,1-7H2,(H,12,14). The Balaban J connectivity index is 1.80. The Morgan fingerprint density at radius 1 is 1.41 bits per heavy atom. The van der Waals surface area contributed by atoms with Gasteiger partial charge in [0.05, 0.1) is 5.75 Å². The van der Waals surface area contributed by atoms with Crippen molar-refractivity contribution in [2.45, 2.75) is 38.1 Å². The number of hydrogen-bond donors (Lipinski definition) is 1. The molecule has 0 spiro atoms. The van der Waals surface area contributed by atoms with Crippen LogP contribution in [0.25, 0.3) is 0 Å². The summed E-state index contributed by atoms with van der Waals surface area (Å²) in [4.78, 5) is 24.6. The van der Waals surface area contributed by atoms with E-state index in [-0.39, 0.29) is 24.4 Å². The molecule has 1 aliphatic heterocycles. The minimum Gasteiger partial charge on any atom is -0.352 e. The van der Waals surface area contributed by atoms with Crippen molar-refractivity contribution < 1.29 is 9.59 Å². The fourth-order valence-corrected chi connectivity index (χ4v) is 3.27. The molecule has 94 valence electrons. The first kappa shape index (κ1) is 12.8. The highest BCUT2D eigenvalue weighted by Gasteiger charge is 2.28. The molecule has 2 aliphatic rings. The third-order valence-corrected chi connectivity index (χ3v) is 4.55. The molecule has 0 aromatic carbocycles. The maximum absolute atomic E-state index is 11.8. The lowest BCUT2D eigenvalue weighted by atomic mass is 9.95. The number of thioether (sulfide) groups is 1. The van der Waals surface area contributed by atoms with Gasteiger partial charge in [-0.1, -0.05) is 43.2 Å². The van der Waals surface area contributed by atoms with Crippen LogP contribution in [-0.4, -0.2) is 39.4 Å². The van der Waals surface area contributed by atoms with Crippen molar-refractivity contribution in [3.8, 4) is 0 Å². The maximum atomic E-state index is 11.8. The first-order valence-corrected chi connectivity index (χ1v) is 7.32. The van der Waals surface area contributed by atoms with Crippen molar-refractivity contribution in [3.05, 3.63) is 0 Å². The number of nitrogens with one attached hydrogen (secondary N) is 1. The SMILES string of the molecule is O=C(CN1C(=O)CSC1=S)NC1CCCCC1. The molecule has 1 saturated heterocycles. The number of thiocarbonyl (C=S) groups is 1. The van der Waals surface area contributed by atoms with Crippen LogP contribution in [0, 0.1) is 0 Å². The van der Waals surface area contributed by atoms with Gasteiger partial charge in [0.1, 0.15) is 10.9 Å². The summed E-state index contributed by atoms with van der Waals surface area (Å²) in [5.41, 5.74) is 0. The lowest BCUT2D eigenvalue weighted by Gasteiger charge is -2.24. The van der Waals surface area contributed by atoms with Gasteiger partial charge < -0.3 is 5.32 Å². The van der Waals surface area contributed by atoms with Gasteiger partial charge in [0.25, 0.3) is 0 Å². The molecule has 17 heavy (non-hydrogen) atoms. The first-order chi connectivity index (χ1) is 8.16. The van der Waals surface area contributed by atoms with Crippen LogP contribution in [0.1, 0.15) is 32.1 Å². The average Bonchev–Trinajstić information content (AvgIpc) is 2.62. The largest absolute Gasteiger partial charge is 0.352 e. The van der Waals surface area contributed by atoms with Crippen molar-refractivity contribution in [2.75, 3.05) is 12.3 Å². The highest BCUT2D eigenvalue weighted by atomic mass is 32.2. The summed E-state index contributed by atoms with van der Waals surface area (Å²) < 4.78 is 0.522. The Bertz CT molecular complexity index is 324. The minimum absolute atomic E-state index is 0.0567. The van der Waals surface area contributed by atoms with Gasteiger partial charge in [0, 0.05) is 6.04 Å². The average molecular weight is 272 g/mol. The molecule has 1 saturated carbocycles. The second-order valence-electron chi connectivity index (χ2n) is 4.44. The fraction of sp³-hybridized carbons (Fsp3) is 0.727. The van der Waals surface area contributed by atoms with E-state index in [1.165, 1.54) is 35.9 Å². The Morgan fingerprint density at radius 3 is 2.71 bits per heavy atom. The molecule has 0 aromatic rings. The van der Waals surface area contributed by atoms with Gasteiger partial charge in [-0.15, -0.1) is 0 Å². The van der Waals surface area contributed by atoms with Gasteiger partial charge in [-0.3, -0.25) is 14.5 Å². The molecule has 1 aliphatic carbocycles. The number of carbonyl (C=O) groups is 2. The van der Waals surface area contributed by atoms with E-state index < -0.39 is 0 Å². The molecule has 1 N–H and O–H groups in total. The van der Waals surface area contributed by atoms with Crippen LogP contribution >= 0.6 is 24.0 Å². The van der Waals surface area contributed by atoms with Gasteiger partial charge in [-0.2, -0.15) is 0 Å². The van der Waals surface area contributed by atoms with Crippen LogP contribution in [0.4, 0.5) is 0 Å². The highest BCUT2D eigenvalue weighted by Crippen LogP contribution is 2.19. The molecule has 0 aromatic heterocycles. The summed E-state index contributed by atoms with van der Waals surface area (Å²) in [6.07, 6.45) is 5.74. The van der Waals surface area contributed by atoms with Gasteiger partial charge in [-0.05, 0) is 12.8 Å². The molecular formula is C11H16N2O2S2. The summed E-state index contributed by atoms with van der Waals surface area (Å²) in [7, 11) is 0. The Hall–Kier alpha value is -0.620. The monoisotopic (exact) mass is 272 g/mol. The van der Waals surface area contributed by atoms with Crippen LogP contribution in [0.15, 0.2) is 0 Å². The zero-order chi connectivity index (χ0) is 12.3. The number of rotatable bonds is 3. The van der Waals surface area contributed by atoms with E-state index in [1.54, 1.807) is 0 Å². The van der Waals surface area contributed by atoms with Crippen molar-refractivity contribution >= 4 is 40.1 Å². The molecule has 6 heteroatoms. The highest BCUT2D eigenvalue weighted by molar-refractivity contribution is 8.23. The van der Waals surface area contributed by atoms with E-state index in [4.69, 9.17) is 12.2 Å². The Labute approximate surface area is 110 Å². The molecular weight excluding hydrogens is 256 g/mol. The molecule has 0 unspecified atom stereocenters.